The van der Waals surface area contributed by atoms with E-state index in [-0.39, 0.29) is 0 Å². The zero-order valence-corrected chi connectivity index (χ0v) is 27.3. The summed E-state index contributed by atoms with van der Waals surface area (Å²) >= 11 is 0. The Morgan fingerprint density at radius 3 is 1.14 bits per heavy atom. The molecule has 0 saturated carbocycles. The van der Waals surface area contributed by atoms with Crippen LogP contribution < -0.4 is 0 Å². The molecule has 4 nitrogen and oxygen atoms in total. The van der Waals surface area contributed by atoms with Gasteiger partial charge in [-0.05, 0) is 76.4 Å². The lowest BCUT2D eigenvalue weighted by molar-refractivity contribution is 1.25. The highest BCUT2D eigenvalue weighted by Crippen LogP contribution is 2.38. The molecule has 0 saturated heterocycles. The molecule has 50 heavy (non-hydrogen) atoms. The second-order valence-corrected chi connectivity index (χ2v) is 12.4. The number of rotatable bonds is 5. The molecule has 7 aromatic rings. The van der Waals surface area contributed by atoms with Crippen LogP contribution in [0, 0.1) is 0 Å². The smallest absolute Gasteiger partial charge is 0.0738 e. The fraction of sp³-hybridized carbons (Fsp3) is 0. The molecule has 4 aromatic carbocycles. The highest BCUT2D eigenvalue weighted by Gasteiger charge is 2.20. The van der Waals surface area contributed by atoms with E-state index in [2.05, 4.69) is 156 Å². The van der Waals surface area contributed by atoms with Gasteiger partial charge in [0, 0.05) is 44.3 Å². The van der Waals surface area contributed by atoms with Crippen molar-refractivity contribution in [2.45, 2.75) is 0 Å². The third kappa shape index (κ3) is 5.20. The van der Waals surface area contributed by atoms with Crippen molar-refractivity contribution in [2.24, 2.45) is 0 Å². The van der Waals surface area contributed by atoms with Crippen LogP contribution in [-0.4, -0.2) is 19.9 Å². The first-order chi connectivity index (χ1) is 24.7. The second kappa shape index (κ2) is 12.3. The van der Waals surface area contributed by atoms with Gasteiger partial charge in [0.1, 0.15) is 0 Å². The Morgan fingerprint density at radius 2 is 0.720 bits per heavy atom. The number of benzene rings is 4. The summed E-state index contributed by atoms with van der Waals surface area (Å²) < 4.78 is 0. The number of fused-ring (bicyclic) bond motifs is 8. The number of hydrogen-bond acceptors (Lipinski definition) is 2. The maximum absolute atomic E-state index is 5.34. The molecular weight excluding hydrogens is 609 g/mol. The number of nitrogens with one attached hydrogen (secondary N) is 2. The van der Waals surface area contributed by atoms with E-state index < -0.39 is 0 Å². The van der Waals surface area contributed by atoms with Crippen LogP contribution in [-0.2, 0) is 0 Å². The molecule has 0 atom stereocenters. The topological polar surface area (TPSA) is 57.4 Å². The lowest BCUT2D eigenvalue weighted by Gasteiger charge is -2.09. The SMILES string of the molecule is C=C(c1ccccc1)c1c2nc(c(-c3ccccc3)c3ccc([nH]3)c(-c3ccccc3)c3ccc([nH]3)c(-c3ccccc3)c3nc1C=C3)C=C2. The normalized spacial score (nSPS) is 11.9. The van der Waals surface area contributed by atoms with Gasteiger partial charge in [0.15, 0.2) is 0 Å². The fourth-order valence-electron chi connectivity index (χ4n) is 7.03. The first-order valence-corrected chi connectivity index (χ1v) is 16.8. The minimum atomic E-state index is 0.825. The van der Waals surface area contributed by atoms with Crippen molar-refractivity contribution in [3.8, 4) is 33.4 Å². The van der Waals surface area contributed by atoms with E-state index in [1.165, 1.54) is 0 Å². The number of hydrogen-bond donors (Lipinski definition) is 2. The van der Waals surface area contributed by atoms with Crippen molar-refractivity contribution < 1.29 is 0 Å². The summed E-state index contributed by atoms with van der Waals surface area (Å²) in [4.78, 5) is 18.3. The first kappa shape index (κ1) is 29.4. The summed E-state index contributed by atoms with van der Waals surface area (Å²) in [6, 6.07) is 50.4. The van der Waals surface area contributed by atoms with Gasteiger partial charge in [0.2, 0.25) is 0 Å². The Balaban J connectivity index is 1.47. The Bertz CT molecular complexity index is 2490. The molecule has 0 spiro atoms. The van der Waals surface area contributed by atoms with Crippen LogP contribution in [0.1, 0.15) is 33.9 Å². The standard InChI is InChI=1S/C46H32N4/c1-30(31-14-6-2-7-15-31)43-35-22-24-37(47-35)44(32-16-8-3-9-17-32)39-26-28-41(49-39)46(34-20-12-5-13-21-34)42-29-27-40(50-42)45(33-18-10-4-11-19-33)38-25-23-36(43)48-38/h2-29,49-50H,1H2. The third-order valence-electron chi connectivity index (χ3n) is 9.37. The maximum Gasteiger partial charge on any atom is 0.0738 e. The molecule has 4 heteroatoms. The summed E-state index contributed by atoms with van der Waals surface area (Å²) in [7, 11) is 0. The van der Waals surface area contributed by atoms with E-state index in [1.54, 1.807) is 0 Å². The molecule has 9 rings (SSSR count). The summed E-state index contributed by atoms with van der Waals surface area (Å²) in [6.07, 6.45) is 8.41. The molecular formula is C46H32N4. The Labute approximate surface area is 290 Å². The van der Waals surface area contributed by atoms with Crippen LogP contribution in [0.25, 0.3) is 85.3 Å². The van der Waals surface area contributed by atoms with Gasteiger partial charge in [-0.25, -0.2) is 9.97 Å². The lowest BCUT2D eigenvalue weighted by atomic mass is 9.97. The fourth-order valence-corrected chi connectivity index (χ4v) is 7.03. The van der Waals surface area contributed by atoms with E-state index in [0.29, 0.717) is 0 Å². The van der Waals surface area contributed by atoms with Gasteiger partial charge in [-0.15, -0.1) is 0 Å². The van der Waals surface area contributed by atoms with Crippen LogP contribution in [0.5, 0.6) is 0 Å². The van der Waals surface area contributed by atoms with Crippen molar-refractivity contribution in [1.82, 2.24) is 19.9 Å². The van der Waals surface area contributed by atoms with E-state index in [4.69, 9.17) is 9.97 Å². The van der Waals surface area contributed by atoms with Gasteiger partial charge >= 0.3 is 0 Å². The first-order valence-electron chi connectivity index (χ1n) is 16.8. The zero-order chi connectivity index (χ0) is 33.4. The number of nitrogens with zero attached hydrogens (tertiary/aromatic N) is 2. The average Bonchev–Trinajstić information content (AvgIpc) is 4.01. The highest BCUT2D eigenvalue weighted by molar-refractivity contribution is 6.00. The average molecular weight is 641 g/mol. The Morgan fingerprint density at radius 1 is 0.380 bits per heavy atom. The van der Waals surface area contributed by atoms with Gasteiger partial charge in [-0.1, -0.05) is 128 Å². The summed E-state index contributed by atoms with van der Waals surface area (Å²) in [6.45, 7) is 4.61. The molecule has 2 N–H and O–H groups in total. The third-order valence-corrected chi connectivity index (χ3v) is 9.37. The molecule has 0 fully saturated rings. The van der Waals surface area contributed by atoms with Crippen LogP contribution in [0.2, 0.25) is 0 Å². The number of aromatic nitrogens is 4. The molecule has 2 aliphatic rings. The van der Waals surface area contributed by atoms with E-state index in [0.717, 1.165) is 94.9 Å². The van der Waals surface area contributed by atoms with Gasteiger partial charge < -0.3 is 9.97 Å². The molecule has 0 radical (unpaired) electrons. The van der Waals surface area contributed by atoms with Crippen molar-refractivity contribution >= 4 is 51.9 Å². The van der Waals surface area contributed by atoms with Crippen molar-refractivity contribution in [2.75, 3.05) is 0 Å². The largest absolute Gasteiger partial charge is 0.354 e. The highest BCUT2D eigenvalue weighted by atomic mass is 14.8. The predicted octanol–water partition coefficient (Wildman–Crippen LogP) is 11.7. The van der Waals surface area contributed by atoms with Crippen LogP contribution in [0.4, 0.5) is 0 Å². The zero-order valence-electron chi connectivity index (χ0n) is 27.3. The van der Waals surface area contributed by atoms with E-state index >= 15 is 0 Å². The number of aromatic amines is 2. The van der Waals surface area contributed by atoms with Crippen molar-refractivity contribution in [3.05, 3.63) is 186 Å². The Hall–Kier alpha value is -6.78. The molecule has 0 aliphatic carbocycles. The summed E-state index contributed by atoms with van der Waals surface area (Å²) in [5.41, 5.74) is 16.6. The quantitative estimate of drug-likeness (QED) is 0.197. The monoisotopic (exact) mass is 640 g/mol. The van der Waals surface area contributed by atoms with E-state index in [1.807, 2.05) is 30.3 Å². The second-order valence-electron chi connectivity index (χ2n) is 12.4. The van der Waals surface area contributed by atoms with Crippen molar-refractivity contribution in [3.63, 3.8) is 0 Å². The van der Waals surface area contributed by atoms with Gasteiger partial charge in [0.25, 0.3) is 0 Å². The minimum absolute atomic E-state index is 0.825. The minimum Gasteiger partial charge on any atom is -0.354 e. The molecule has 3 aromatic heterocycles. The Kier molecular flexibility index (Phi) is 7.25. The predicted molar refractivity (Wildman–Crippen MR) is 210 cm³/mol. The van der Waals surface area contributed by atoms with Gasteiger partial charge in [0.05, 0.1) is 22.8 Å². The van der Waals surface area contributed by atoms with E-state index in [9.17, 15) is 0 Å². The van der Waals surface area contributed by atoms with Crippen molar-refractivity contribution in [1.29, 1.82) is 0 Å². The molecule has 0 unspecified atom stereocenters. The van der Waals surface area contributed by atoms with Crippen LogP contribution in [0.15, 0.2) is 152 Å². The maximum atomic E-state index is 5.34. The molecule has 2 aliphatic heterocycles. The van der Waals surface area contributed by atoms with Gasteiger partial charge in [-0.3, -0.25) is 0 Å². The van der Waals surface area contributed by atoms with Crippen LogP contribution >= 0.6 is 0 Å². The summed E-state index contributed by atoms with van der Waals surface area (Å²) in [5, 5.41) is 0. The molecule has 8 bridgehead atoms. The molecule has 5 heterocycles. The molecule has 236 valence electrons. The molecule has 0 amide bonds. The number of H-pyrrole nitrogens is 2. The lowest BCUT2D eigenvalue weighted by Crippen LogP contribution is -1.95. The van der Waals surface area contributed by atoms with Crippen LogP contribution in [0.3, 0.4) is 0 Å². The van der Waals surface area contributed by atoms with Gasteiger partial charge in [-0.2, -0.15) is 0 Å². The summed E-state index contributed by atoms with van der Waals surface area (Å²) in [5.74, 6) is 0.